The number of rotatable bonds is 0. The first-order chi connectivity index (χ1) is 5.77. The maximum Gasteiger partial charge on any atom is 0.256 e. The van der Waals surface area contributed by atoms with Crippen LogP contribution in [0.5, 0.6) is 0 Å². The van der Waals surface area contributed by atoms with Gasteiger partial charge in [-0.15, -0.1) is 0 Å². The Hall–Kier alpha value is -1.84. The summed E-state index contributed by atoms with van der Waals surface area (Å²) in [7, 11) is 0. The molecule has 0 atom stereocenters. The van der Waals surface area contributed by atoms with Crippen LogP contribution < -0.4 is 11.1 Å². The molecule has 0 aliphatic carbocycles. The summed E-state index contributed by atoms with van der Waals surface area (Å²) >= 11 is 0. The largest absolute Gasteiger partial charge is 0.308 e. The van der Waals surface area contributed by atoms with E-state index in [1.54, 1.807) is 18.3 Å². The van der Waals surface area contributed by atoms with E-state index in [1.165, 1.54) is 16.5 Å². The Morgan fingerprint density at radius 2 is 2.00 bits per heavy atom. The van der Waals surface area contributed by atoms with Crippen molar-refractivity contribution in [2.45, 2.75) is 0 Å². The third kappa shape index (κ3) is 0.934. The molecule has 4 heteroatoms. The molecular formula is C8H6N2O2. The summed E-state index contributed by atoms with van der Waals surface area (Å²) in [5.41, 5.74) is 0.0177. The predicted octanol–water partition coefficient (Wildman–Crippen LogP) is -0.0122. The predicted molar refractivity (Wildman–Crippen MR) is 44.3 cm³/mol. The first-order valence-corrected chi connectivity index (χ1v) is 3.48. The highest BCUT2D eigenvalue weighted by Crippen LogP contribution is 1.91. The van der Waals surface area contributed by atoms with E-state index in [0.29, 0.717) is 5.65 Å². The fourth-order valence-electron chi connectivity index (χ4n) is 1.07. The van der Waals surface area contributed by atoms with E-state index in [1.807, 2.05) is 0 Å². The second-order valence-corrected chi connectivity index (χ2v) is 2.42. The maximum absolute atomic E-state index is 11.2. The van der Waals surface area contributed by atoms with Gasteiger partial charge in [-0.1, -0.05) is 0 Å². The molecule has 0 aromatic carbocycles. The van der Waals surface area contributed by atoms with Gasteiger partial charge in [0.2, 0.25) is 5.56 Å². The van der Waals surface area contributed by atoms with Gasteiger partial charge in [-0.25, -0.2) is 0 Å². The molecule has 2 rings (SSSR count). The fraction of sp³-hybridized carbons (Fsp3) is 0. The van der Waals surface area contributed by atoms with E-state index in [2.05, 4.69) is 4.98 Å². The summed E-state index contributed by atoms with van der Waals surface area (Å²) in [4.78, 5) is 24.7. The maximum atomic E-state index is 11.2. The second-order valence-electron chi connectivity index (χ2n) is 2.42. The molecule has 0 aliphatic rings. The van der Waals surface area contributed by atoms with Crippen LogP contribution in [-0.2, 0) is 0 Å². The monoisotopic (exact) mass is 162 g/mol. The van der Waals surface area contributed by atoms with E-state index in [-0.39, 0.29) is 11.1 Å². The van der Waals surface area contributed by atoms with Gasteiger partial charge in [0.05, 0.1) is 0 Å². The van der Waals surface area contributed by atoms with Crippen LogP contribution >= 0.6 is 0 Å². The van der Waals surface area contributed by atoms with Gasteiger partial charge in [-0.3, -0.25) is 14.0 Å². The molecule has 4 nitrogen and oxygen atoms in total. The average molecular weight is 162 g/mol. The molecule has 0 saturated heterocycles. The van der Waals surface area contributed by atoms with Gasteiger partial charge >= 0.3 is 0 Å². The lowest BCUT2D eigenvalue weighted by Gasteiger charge is -1.81. The summed E-state index contributed by atoms with van der Waals surface area (Å²) in [5.74, 6) is 0. The van der Waals surface area contributed by atoms with Gasteiger partial charge in [0.1, 0.15) is 5.65 Å². The van der Waals surface area contributed by atoms with Crippen LogP contribution in [0.3, 0.4) is 0 Å². The molecule has 2 aromatic rings. The number of fused-ring (bicyclic) bond motifs is 1. The minimum absolute atomic E-state index is 0.214. The van der Waals surface area contributed by atoms with Crippen molar-refractivity contribution in [1.29, 1.82) is 0 Å². The van der Waals surface area contributed by atoms with Gasteiger partial charge < -0.3 is 4.98 Å². The summed E-state index contributed by atoms with van der Waals surface area (Å²) in [6.45, 7) is 0. The number of hydrogen-bond donors (Lipinski definition) is 1. The topological polar surface area (TPSA) is 54.3 Å². The Kier molecular flexibility index (Phi) is 1.33. The minimum atomic E-state index is -0.277. The van der Waals surface area contributed by atoms with E-state index >= 15 is 0 Å². The zero-order valence-electron chi connectivity index (χ0n) is 6.15. The molecule has 0 saturated carbocycles. The van der Waals surface area contributed by atoms with Crippen molar-refractivity contribution in [3.8, 4) is 0 Å². The Balaban J connectivity index is 3.15. The lowest BCUT2D eigenvalue weighted by atomic mass is 10.6. The smallest absolute Gasteiger partial charge is 0.256 e. The summed E-state index contributed by atoms with van der Waals surface area (Å²) in [6, 6.07) is 5.83. The summed E-state index contributed by atoms with van der Waals surface area (Å²) < 4.78 is 1.38. The van der Waals surface area contributed by atoms with Crippen LogP contribution in [0.4, 0.5) is 0 Å². The molecule has 60 valence electrons. The van der Waals surface area contributed by atoms with Crippen molar-refractivity contribution >= 4 is 5.65 Å². The number of nitrogens with zero attached hydrogens (tertiary/aromatic N) is 1. The van der Waals surface area contributed by atoms with Crippen molar-refractivity contribution in [3.63, 3.8) is 0 Å². The Labute approximate surface area is 67.1 Å². The van der Waals surface area contributed by atoms with E-state index in [0.717, 1.165) is 0 Å². The van der Waals surface area contributed by atoms with Crippen LogP contribution in [-0.4, -0.2) is 9.38 Å². The van der Waals surface area contributed by atoms with Crippen molar-refractivity contribution in [3.05, 3.63) is 51.2 Å². The standard InChI is InChI=1S/C8H6N2O2/c11-7-3-4-8(12)10-5-1-2-6(10)9-7/h1-5H,(H,9,11). The van der Waals surface area contributed by atoms with Crippen molar-refractivity contribution in [2.75, 3.05) is 0 Å². The molecule has 1 N–H and O–H groups in total. The molecule has 0 bridgehead atoms. The molecular weight excluding hydrogens is 156 g/mol. The minimum Gasteiger partial charge on any atom is -0.308 e. The first kappa shape index (κ1) is 6.84. The zero-order chi connectivity index (χ0) is 8.55. The molecule has 2 aromatic heterocycles. The van der Waals surface area contributed by atoms with Gasteiger partial charge in [0.25, 0.3) is 5.56 Å². The zero-order valence-corrected chi connectivity index (χ0v) is 6.15. The van der Waals surface area contributed by atoms with Gasteiger partial charge in [-0.2, -0.15) is 0 Å². The van der Waals surface area contributed by atoms with Crippen LogP contribution in [0.1, 0.15) is 0 Å². The van der Waals surface area contributed by atoms with Gasteiger partial charge in [-0.05, 0) is 12.1 Å². The fourth-order valence-corrected chi connectivity index (χ4v) is 1.07. The van der Waals surface area contributed by atoms with E-state index in [9.17, 15) is 9.59 Å². The van der Waals surface area contributed by atoms with Crippen molar-refractivity contribution < 1.29 is 0 Å². The molecule has 0 aliphatic heterocycles. The quantitative estimate of drug-likeness (QED) is 0.592. The number of H-pyrrole nitrogens is 1. The highest BCUT2D eigenvalue weighted by Gasteiger charge is 1.92. The van der Waals surface area contributed by atoms with Crippen LogP contribution in [0.15, 0.2) is 40.1 Å². The number of nitrogens with one attached hydrogen (secondary N) is 1. The van der Waals surface area contributed by atoms with Gasteiger partial charge in [0.15, 0.2) is 0 Å². The molecule has 0 fully saturated rings. The van der Waals surface area contributed by atoms with Crippen molar-refractivity contribution in [1.82, 2.24) is 9.38 Å². The van der Waals surface area contributed by atoms with Crippen LogP contribution in [0.2, 0.25) is 0 Å². The highest BCUT2D eigenvalue weighted by molar-refractivity contribution is 5.36. The molecule has 0 radical (unpaired) electrons. The third-order valence-electron chi connectivity index (χ3n) is 1.61. The second kappa shape index (κ2) is 2.34. The molecule has 0 amide bonds. The van der Waals surface area contributed by atoms with Crippen molar-refractivity contribution in [2.24, 2.45) is 0 Å². The lowest BCUT2D eigenvalue weighted by molar-refractivity contribution is 1.11. The number of hydrogen-bond acceptors (Lipinski definition) is 2. The lowest BCUT2D eigenvalue weighted by Crippen LogP contribution is -2.05. The van der Waals surface area contributed by atoms with Crippen LogP contribution in [0.25, 0.3) is 5.65 Å². The number of aromatic nitrogens is 2. The SMILES string of the molecule is O=c1ccc(=O)n2cccc2[nH]1. The van der Waals surface area contributed by atoms with E-state index < -0.39 is 0 Å². The normalized spacial score (nSPS) is 10.3. The Morgan fingerprint density at radius 3 is 2.83 bits per heavy atom. The summed E-state index contributed by atoms with van der Waals surface area (Å²) in [5, 5.41) is 0. The highest BCUT2D eigenvalue weighted by atomic mass is 16.1. The number of aromatic amines is 1. The van der Waals surface area contributed by atoms with Gasteiger partial charge in [0, 0.05) is 18.3 Å². The molecule has 2 heterocycles. The van der Waals surface area contributed by atoms with Crippen LogP contribution in [0, 0.1) is 0 Å². The molecule has 0 spiro atoms. The third-order valence-corrected chi connectivity index (χ3v) is 1.61. The summed E-state index contributed by atoms with van der Waals surface area (Å²) in [6.07, 6.45) is 1.60. The Bertz CT molecular complexity index is 524. The molecule has 12 heavy (non-hydrogen) atoms. The first-order valence-electron chi connectivity index (χ1n) is 3.48. The van der Waals surface area contributed by atoms with E-state index in [4.69, 9.17) is 0 Å². The molecule has 0 unspecified atom stereocenters. The Morgan fingerprint density at radius 1 is 1.17 bits per heavy atom. The average Bonchev–Trinajstić information content (AvgIpc) is 2.44.